The van der Waals surface area contributed by atoms with Gasteiger partial charge in [-0.1, -0.05) is 37.0 Å². The van der Waals surface area contributed by atoms with Crippen molar-refractivity contribution in [2.75, 3.05) is 26.2 Å². The topological polar surface area (TPSA) is 29.3 Å². The summed E-state index contributed by atoms with van der Waals surface area (Å²) in [5, 5.41) is 0.695. The van der Waals surface area contributed by atoms with Crippen LogP contribution in [0.5, 0.6) is 0 Å². The predicted molar refractivity (Wildman–Crippen MR) is 62.6 cm³/mol. The molecule has 14 heavy (non-hydrogen) atoms. The number of rotatable bonds is 3. The van der Waals surface area contributed by atoms with Crippen LogP contribution in [-0.4, -0.2) is 31.1 Å². The van der Waals surface area contributed by atoms with E-state index in [4.69, 9.17) is 28.9 Å². The van der Waals surface area contributed by atoms with E-state index in [9.17, 15) is 0 Å². The molecule has 0 saturated carbocycles. The zero-order valence-corrected chi connectivity index (χ0v) is 10.3. The first-order chi connectivity index (χ1) is 6.51. The van der Waals surface area contributed by atoms with E-state index in [2.05, 4.69) is 18.7 Å². The van der Waals surface area contributed by atoms with E-state index in [0.29, 0.717) is 11.0 Å². The van der Waals surface area contributed by atoms with Crippen LogP contribution in [0.2, 0.25) is 0 Å². The summed E-state index contributed by atoms with van der Waals surface area (Å²) in [6.07, 6.45) is 0. The molecular weight excluding hydrogens is 219 g/mol. The second-order valence-corrected chi connectivity index (χ2v) is 5.19. The van der Waals surface area contributed by atoms with E-state index >= 15 is 0 Å². The third-order valence-electron chi connectivity index (χ3n) is 3.27. The molecule has 0 aliphatic carbocycles. The van der Waals surface area contributed by atoms with E-state index in [-0.39, 0.29) is 5.41 Å². The van der Waals surface area contributed by atoms with Gasteiger partial charge in [0, 0.05) is 30.2 Å². The zero-order valence-electron chi connectivity index (χ0n) is 8.76. The molecule has 1 aliphatic rings. The van der Waals surface area contributed by atoms with Gasteiger partial charge in [-0.05, 0) is 17.9 Å². The fraction of sp³-hybridized carbons (Fsp3) is 0.800. The SMILES string of the molecule is CC1CN(C/C(Cl)=C/Cl)CC1(C)CN. The van der Waals surface area contributed by atoms with Crippen molar-refractivity contribution in [3.8, 4) is 0 Å². The number of hydrogen-bond acceptors (Lipinski definition) is 2. The average Bonchev–Trinajstić information content (AvgIpc) is 2.43. The average molecular weight is 237 g/mol. The van der Waals surface area contributed by atoms with Crippen LogP contribution in [0.3, 0.4) is 0 Å². The Morgan fingerprint density at radius 1 is 1.71 bits per heavy atom. The Labute approximate surface area is 96.0 Å². The maximum atomic E-state index is 5.89. The summed E-state index contributed by atoms with van der Waals surface area (Å²) in [6, 6.07) is 0. The maximum Gasteiger partial charge on any atom is 0.0434 e. The fourth-order valence-electron chi connectivity index (χ4n) is 1.97. The lowest BCUT2D eigenvalue weighted by Crippen LogP contribution is -2.34. The summed E-state index contributed by atoms with van der Waals surface area (Å²) in [5.41, 5.74) is 7.44. The van der Waals surface area contributed by atoms with Gasteiger partial charge < -0.3 is 5.73 Å². The summed E-state index contributed by atoms with van der Waals surface area (Å²) in [5.74, 6) is 0.618. The van der Waals surface area contributed by atoms with Crippen molar-refractivity contribution in [1.82, 2.24) is 4.90 Å². The first-order valence-corrected chi connectivity index (χ1v) is 5.70. The molecular formula is C10H18Cl2N2. The third kappa shape index (κ3) is 2.63. The van der Waals surface area contributed by atoms with Crippen molar-refractivity contribution < 1.29 is 0 Å². The number of nitrogens with two attached hydrogens (primary N) is 1. The van der Waals surface area contributed by atoms with Gasteiger partial charge in [0.2, 0.25) is 0 Å². The molecule has 2 N–H and O–H groups in total. The number of halogens is 2. The van der Waals surface area contributed by atoms with E-state index in [1.54, 1.807) is 0 Å². The Hall–Kier alpha value is 0.240. The lowest BCUT2D eigenvalue weighted by molar-refractivity contribution is 0.268. The van der Waals surface area contributed by atoms with Crippen molar-refractivity contribution in [1.29, 1.82) is 0 Å². The highest BCUT2D eigenvalue weighted by molar-refractivity contribution is 6.36. The molecule has 1 aliphatic heterocycles. The largest absolute Gasteiger partial charge is 0.330 e. The summed E-state index contributed by atoms with van der Waals surface area (Å²) in [4.78, 5) is 2.30. The van der Waals surface area contributed by atoms with Gasteiger partial charge in [-0.25, -0.2) is 0 Å². The molecule has 0 radical (unpaired) electrons. The van der Waals surface area contributed by atoms with E-state index in [0.717, 1.165) is 26.2 Å². The fourth-order valence-corrected chi connectivity index (χ4v) is 2.21. The van der Waals surface area contributed by atoms with Crippen molar-refractivity contribution in [3.05, 3.63) is 10.6 Å². The van der Waals surface area contributed by atoms with Crippen LogP contribution in [0.4, 0.5) is 0 Å². The van der Waals surface area contributed by atoms with Crippen LogP contribution in [0.15, 0.2) is 10.6 Å². The molecule has 0 spiro atoms. The maximum absolute atomic E-state index is 5.89. The molecule has 0 aromatic carbocycles. The Morgan fingerprint density at radius 3 is 2.79 bits per heavy atom. The van der Waals surface area contributed by atoms with Gasteiger partial charge in [-0.3, -0.25) is 4.90 Å². The minimum absolute atomic E-state index is 0.226. The minimum atomic E-state index is 0.226. The molecule has 0 amide bonds. The number of hydrogen-bond donors (Lipinski definition) is 1. The summed E-state index contributed by atoms with van der Waals surface area (Å²) in [6.45, 7) is 8.00. The normalized spacial score (nSPS) is 35.2. The first-order valence-electron chi connectivity index (χ1n) is 4.89. The van der Waals surface area contributed by atoms with Gasteiger partial charge >= 0.3 is 0 Å². The summed E-state index contributed by atoms with van der Waals surface area (Å²) < 4.78 is 0. The molecule has 2 atom stereocenters. The highest BCUT2D eigenvalue weighted by Gasteiger charge is 2.38. The second kappa shape index (κ2) is 4.84. The molecule has 4 heteroatoms. The lowest BCUT2D eigenvalue weighted by Gasteiger charge is -2.26. The van der Waals surface area contributed by atoms with Crippen LogP contribution in [0.25, 0.3) is 0 Å². The molecule has 1 fully saturated rings. The van der Waals surface area contributed by atoms with Crippen LogP contribution >= 0.6 is 23.2 Å². The number of likely N-dealkylation sites (tertiary alicyclic amines) is 1. The molecule has 2 unspecified atom stereocenters. The smallest absolute Gasteiger partial charge is 0.0434 e. The molecule has 1 rings (SSSR count). The Bertz CT molecular complexity index is 230. The summed E-state index contributed by atoms with van der Waals surface area (Å²) >= 11 is 11.4. The predicted octanol–water partition coefficient (Wildman–Crippen LogP) is 2.22. The molecule has 0 aromatic heterocycles. The monoisotopic (exact) mass is 236 g/mol. The van der Waals surface area contributed by atoms with Crippen molar-refractivity contribution >= 4 is 23.2 Å². The van der Waals surface area contributed by atoms with Gasteiger partial charge in [0.25, 0.3) is 0 Å². The molecule has 1 heterocycles. The minimum Gasteiger partial charge on any atom is -0.330 e. The van der Waals surface area contributed by atoms with Crippen LogP contribution in [-0.2, 0) is 0 Å². The molecule has 82 valence electrons. The number of nitrogens with zero attached hydrogens (tertiary/aromatic N) is 1. The Balaban J connectivity index is 2.55. The standard InChI is InChI=1S/C10H18Cl2N2/c1-8-4-14(5-9(12)3-11)7-10(8,2)6-13/h3,8H,4-7,13H2,1-2H3/b9-3-. The molecule has 0 aromatic rings. The highest BCUT2D eigenvalue weighted by atomic mass is 35.5. The molecule has 0 bridgehead atoms. The Morgan fingerprint density at radius 2 is 2.36 bits per heavy atom. The second-order valence-electron chi connectivity index (χ2n) is 4.48. The third-order valence-corrected chi connectivity index (χ3v) is 3.87. The van der Waals surface area contributed by atoms with Crippen molar-refractivity contribution in [3.63, 3.8) is 0 Å². The van der Waals surface area contributed by atoms with E-state index in [1.807, 2.05) is 0 Å². The first kappa shape index (κ1) is 12.3. The molecule has 2 nitrogen and oxygen atoms in total. The van der Waals surface area contributed by atoms with E-state index in [1.165, 1.54) is 5.54 Å². The van der Waals surface area contributed by atoms with Crippen LogP contribution < -0.4 is 5.73 Å². The van der Waals surface area contributed by atoms with Gasteiger partial charge in [0.15, 0.2) is 0 Å². The van der Waals surface area contributed by atoms with E-state index < -0.39 is 0 Å². The van der Waals surface area contributed by atoms with Crippen LogP contribution in [0.1, 0.15) is 13.8 Å². The molecule has 1 saturated heterocycles. The quantitative estimate of drug-likeness (QED) is 0.815. The van der Waals surface area contributed by atoms with Gasteiger partial charge in [-0.2, -0.15) is 0 Å². The highest BCUT2D eigenvalue weighted by Crippen LogP contribution is 2.34. The lowest BCUT2D eigenvalue weighted by atomic mass is 9.81. The van der Waals surface area contributed by atoms with Crippen molar-refractivity contribution in [2.24, 2.45) is 17.1 Å². The summed E-state index contributed by atoms with van der Waals surface area (Å²) in [7, 11) is 0. The van der Waals surface area contributed by atoms with Gasteiger partial charge in [0.1, 0.15) is 0 Å². The van der Waals surface area contributed by atoms with Gasteiger partial charge in [-0.15, -0.1) is 0 Å². The zero-order chi connectivity index (χ0) is 10.8. The van der Waals surface area contributed by atoms with Gasteiger partial charge in [0.05, 0.1) is 0 Å². The Kier molecular flexibility index (Phi) is 4.26. The van der Waals surface area contributed by atoms with Crippen LogP contribution in [0, 0.1) is 11.3 Å². The van der Waals surface area contributed by atoms with Crippen molar-refractivity contribution in [2.45, 2.75) is 13.8 Å².